The van der Waals surface area contributed by atoms with Crippen LogP contribution in [0.3, 0.4) is 0 Å². The number of rotatable bonds is 3. The lowest BCUT2D eigenvalue weighted by molar-refractivity contribution is -0.116. The lowest BCUT2D eigenvalue weighted by atomic mass is 10.1. The normalized spacial score (nSPS) is 10.8. The van der Waals surface area contributed by atoms with Gasteiger partial charge in [0.2, 0.25) is 5.91 Å². The van der Waals surface area contributed by atoms with E-state index >= 15 is 0 Å². The van der Waals surface area contributed by atoms with Crippen LogP contribution in [0.25, 0.3) is 10.9 Å². The van der Waals surface area contributed by atoms with E-state index in [0.29, 0.717) is 6.54 Å². The molecule has 1 heterocycles. The van der Waals surface area contributed by atoms with E-state index in [1.54, 1.807) is 17.7 Å². The molecule has 0 radical (unpaired) electrons. The number of aromatic nitrogens is 1. The Kier molecular flexibility index (Phi) is 4.50. The lowest BCUT2D eigenvalue weighted by Gasteiger charge is -2.19. The van der Waals surface area contributed by atoms with Crippen molar-refractivity contribution < 1.29 is 4.79 Å². The first-order valence-corrected chi connectivity index (χ1v) is 7.48. The third-order valence-corrected chi connectivity index (χ3v) is 4.31. The monoisotopic (exact) mass is 356 g/mol. The Morgan fingerprint density at radius 1 is 1.35 bits per heavy atom. The molecule has 1 aromatic heterocycles. The van der Waals surface area contributed by atoms with E-state index in [-0.39, 0.29) is 17.3 Å². The molecule has 0 spiro atoms. The predicted molar refractivity (Wildman–Crippen MR) is 85.7 cm³/mol. The minimum absolute atomic E-state index is 0.0372. The summed E-state index contributed by atoms with van der Waals surface area (Å²) >= 11 is 9.10. The quantitative estimate of drug-likeness (QED) is 0.793. The largest absolute Gasteiger partial charge is 0.313 e. The highest BCUT2D eigenvalue weighted by molar-refractivity contribution is 9.10. The number of halogens is 2. The van der Waals surface area contributed by atoms with E-state index in [1.165, 1.54) is 11.0 Å². The van der Waals surface area contributed by atoms with Gasteiger partial charge in [-0.05, 0) is 41.1 Å². The molecule has 6 heteroatoms. The molecular formula is C14H14BrClN2O2. The molecule has 0 saturated heterocycles. The highest BCUT2D eigenvalue weighted by atomic mass is 79.9. The number of aryl methyl sites for hydroxylation is 1. The number of hydrogen-bond donors (Lipinski definition) is 0. The summed E-state index contributed by atoms with van der Waals surface area (Å²) in [6, 6.07) is 6.95. The van der Waals surface area contributed by atoms with Crippen molar-refractivity contribution in [3.05, 3.63) is 39.1 Å². The summed E-state index contributed by atoms with van der Waals surface area (Å²) in [5.41, 5.74) is 1.52. The van der Waals surface area contributed by atoms with Gasteiger partial charge in [0.05, 0.1) is 15.7 Å². The van der Waals surface area contributed by atoms with Gasteiger partial charge in [-0.25, -0.2) is 0 Å². The highest BCUT2D eigenvalue weighted by Crippen LogP contribution is 2.32. The maximum Gasteiger partial charge on any atom is 0.251 e. The minimum atomic E-state index is -0.185. The summed E-state index contributed by atoms with van der Waals surface area (Å²) in [6.45, 7) is 2.52. The number of amides is 1. The Hall–Kier alpha value is -1.33. The number of hydrogen-bond acceptors (Lipinski definition) is 2. The van der Waals surface area contributed by atoms with Crippen molar-refractivity contribution in [1.82, 2.24) is 4.57 Å². The lowest BCUT2D eigenvalue weighted by Crippen LogP contribution is -2.27. The van der Waals surface area contributed by atoms with Gasteiger partial charge in [-0.3, -0.25) is 9.59 Å². The van der Waals surface area contributed by atoms with Crippen LogP contribution in [0, 0.1) is 0 Å². The molecule has 106 valence electrons. The fraction of sp³-hybridized carbons (Fsp3) is 0.286. The average Bonchev–Trinajstić information content (AvgIpc) is 2.46. The van der Waals surface area contributed by atoms with Gasteiger partial charge in [-0.1, -0.05) is 0 Å². The number of carbonyl (C=O) groups is 1. The van der Waals surface area contributed by atoms with Crippen molar-refractivity contribution in [2.45, 2.75) is 13.5 Å². The van der Waals surface area contributed by atoms with Gasteiger partial charge < -0.3 is 9.47 Å². The summed E-state index contributed by atoms with van der Waals surface area (Å²) in [5.74, 6) is -0.259. The number of benzene rings is 1. The zero-order valence-electron chi connectivity index (χ0n) is 11.2. The second-order valence-corrected chi connectivity index (χ2v) is 5.39. The third-order valence-electron chi connectivity index (χ3n) is 3.25. The maximum absolute atomic E-state index is 11.8. The fourth-order valence-electron chi connectivity index (χ4n) is 2.14. The van der Waals surface area contributed by atoms with Crippen molar-refractivity contribution in [3.8, 4) is 0 Å². The van der Waals surface area contributed by atoms with Gasteiger partial charge >= 0.3 is 0 Å². The molecule has 20 heavy (non-hydrogen) atoms. The zero-order chi connectivity index (χ0) is 14.9. The summed E-state index contributed by atoms with van der Waals surface area (Å²) in [5, 5.41) is 0.887. The molecule has 0 N–H and O–H groups in total. The summed E-state index contributed by atoms with van der Waals surface area (Å²) in [4.78, 5) is 25.0. The van der Waals surface area contributed by atoms with E-state index in [1.807, 2.05) is 19.1 Å². The molecule has 0 unspecified atom stereocenters. The molecule has 1 amide bonds. The topological polar surface area (TPSA) is 42.3 Å². The van der Waals surface area contributed by atoms with Crippen molar-refractivity contribution in [1.29, 1.82) is 0 Å². The van der Waals surface area contributed by atoms with Crippen molar-refractivity contribution >= 4 is 50.0 Å². The molecule has 0 aliphatic carbocycles. The first-order valence-electron chi connectivity index (χ1n) is 6.15. The number of pyridine rings is 1. The van der Waals surface area contributed by atoms with Crippen LogP contribution in [0.5, 0.6) is 0 Å². The Bertz CT molecular complexity index is 727. The van der Waals surface area contributed by atoms with E-state index in [0.717, 1.165) is 21.1 Å². The Balaban J connectivity index is 2.69. The van der Waals surface area contributed by atoms with E-state index in [2.05, 4.69) is 15.9 Å². The molecule has 2 rings (SSSR count). The number of fused-ring (bicyclic) bond motifs is 1. The Labute approximate surface area is 130 Å². The third kappa shape index (κ3) is 2.47. The number of nitrogens with zero attached hydrogens (tertiary/aromatic N) is 2. The van der Waals surface area contributed by atoms with Crippen molar-refractivity contribution in [3.63, 3.8) is 0 Å². The minimum Gasteiger partial charge on any atom is -0.313 e. The first kappa shape index (κ1) is 15.1. The van der Waals surface area contributed by atoms with Gasteiger partial charge in [0.15, 0.2) is 0 Å². The summed E-state index contributed by atoms with van der Waals surface area (Å²) in [6.07, 6.45) is 0. The van der Waals surface area contributed by atoms with Gasteiger partial charge in [-0.15, -0.1) is 11.6 Å². The van der Waals surface area contributed by atoms with E-state index in [4.69, 9.17) is 11.6 Å². The van der Waals surface area contributed by atoms with Crippen LogP contribution >= 0.6 is 27.5 Å². The van der Waals surface area contributed by atoms with E-state index < -0.39 is 0 Å². The number of carbonyl (C=O) groups excluding carboxylic acids is 1. The first-order chi connectivity index (χ1) is 9.51. The summed E-state index contributed by atoms with van der Waals surface area (Å²) < 4.78 is 2.46. The second-order valence-electron chi connectivity index (χ2n) is 4.33. The number of anilines is 1. The van der Waals surface area contributed by atoms with Crippen molar-refractivity contribution in [2.24, 2.45) is 0 Å². The molecule has 4 nitrogen and oxygen atoms in total. The predicted octanol–water partition coefficient (Wildman–Crippen LogP) is 2.99. The zero-order valence-corrected chi connectivity index (χ0v) is 13.5. The van der Waals surface area contributed by atoms with Crippen LogP contribution < -0.4 is 10.5 Å². The Morgan fingerprint density at radius 3 is 2.65 bits per heavy atom. The van der Waals surface area contributed by atoms with Gasteiger partial charge in [0.25, 0.3) is 5.56 Å². The highest BCUT2D eigenvalue weighted by Gasteiger charge is 2.15. The average molecular weight is 358 g/mol. The van der Waals surface area contributed by atoms with Crippen LogP contribution in [0.15, 0.2) is 33.5 Å². The smallest absolute Gasteiger partial charge is 0.251 e. The van der Waals surface area contributed by atoms with E-state index in [9.17, 15) is 9.59 Å². The maximum atomic E-state index is 11.8. The van der Waals surface area contributed by atoms with Gasteiger partial charge in [-0.2, -0.15) is 0 Å². The van der Waals surface area contributed by atoms with Crippen LogP contribution in [0.2, 0.25) is 0 Å². The van der Waals surface area contributed by atoms with Crippen LogP contribution in [0.4, 0.5) is 5.69 Å². The molecule has 0 atom stereocenters. The SMILES string of the molecule is CCn1c(=O)ccc2c(Br)c(N(C)C(=O)CCl)ccc21. The standard InChI is InChI=1S/C14H14BrClN2O2/c1-3-18-10-5-6-11(17(2)13(20)8-16)14(15)9(10)4-7-12(18)19/h4-7H,3,8H2,1-2H3. The Morgan fingerprint density at radius 2 is 2.05 bits per heavy atom. The fourth-order valence-corrected chi connectivity index (χ4v) is 3.05. The molecule has 0 saturated carbocycles. The molecule has 2 aromatic rings. The van der Waals surface area contributed by atoms with Gasteiger partial charge in [0.1, 0.15) is 5.88 Å². The molecule has 0 bridgehead atoms. The van der Waals surface area contributed by atoms with Crippen LogP contribution in [-0.2, 0) is 11.3 Å². The summed E-state index contributed by atoms with van der Waals surface area (Å²) in [7, 11) is 1.67. The molecule has 0 aliphatic heterocycles. The van der Waals surface area contributed by atoms with Crippen LogP contribution in [-0.4, -0.2) is 23.4 Å². The number of alkyl halides is 1. The molecule has 0 fully saturated rings. The molecule has 0 aliphatic rings. The molecule has 1 aromatic carbocycles. The van der Waals surface area contributed by atoms with Crippen LogP contribution in [0.1, 0.15) is 6.92 Å². The van der Waals surface area contributed by atoms with Gasteiger partial charge in [0, 0.05) is 25.0 Å². The molecular weight excluding hydrogens is 344 g/mol. The van der Waals surface area contributed by atoms with Crippen molar-refractivity contribution in [2.75, 3.05) is 17.8 Å². The second kappa shape index (κ2) is 5.97.